The summed E-state index contributed by atoms with van der Waals surface area (Å²) in [6.07, 6.45) is 2.30. The minimum Gasteiger partial charge on any atom is -0.384 e. The Labute approximate surface area is 98.3 Å². The minimum atomic E-state index is -0.0718. The Morgan fingerprint density at radius 1 is 1.38 bits per heavy atom. The van der Waals surface area contributed by atoms with E-state index in [1.54, 1.807) is 7.11 Å². The second-order valence-electron chi connectivity index (χ2n) is 4.72. The highest BCUT2D eigenvalue weighted by Gasteiger charge is 2.22. The standard InChI is InChI=1S/C12H24N2O2/c1-10(9-16-3)8-13-11(2)12(15)14-6-4-5-7-14/h10-11,13H,4-9H2,1-3H3. The van der Waals surface area contributed by atoms with Crippen molar-refractivity contribution in [1.29, 1.82) is 0 Å². The first-order chi connectivity index (χ1) is 7.65. The van der Waals surface area contributed by atoms with E-state index < -0.39 is 0 Å². The summed E-state index contributed by atoms with van der Waals surface area (Å²) in [6, 6.07) is -0.0718. The molecule has 0 aromatic rings. The highest BCUT2D eigenvalue weighted by atomic mass is 16.5. The SMILES string of the molecule is COCC(C)CNC(C)C(=O)N1CCCC1. The molecule has 1 N–H and O–H groups in total. The summed E-state index contributed by atoms with van der Waals surface area (Å²) >= 11 is 0. The molecule has 94 valence electrons. The van der Waals surface area contributed by atoms with Crippen molar-refractivity contribution in [2.45, 2.75) is 32.7 Å². The maximum Gasteiger partial charge on any atom is 0.239 e. The largest absolute Gasteiger partial charge is 0.384 e. The summed E-state index contributed by atoms with van der Waals surface area (Å²) in [4.78, 5) is 13.9. The number of carbonyl (C=O) groups is 1. The van der Waals surface area contributed by atoms with Crippen molar-refractivity contribution >= 4 is 5.91 Å². The molecule has 1 aliphatic heterocycles. The zero-order chi connectivity index (χ0) is 12.0. The number of rotatable bonds is 6. The van der Waals surface area contributed by atoms with Crippen molar-refractivity contribution in [2.24, 2.45) is 5.92 Å². The molecule has 1 amide bonds. The average Bonchev–Trinajstić information content (AvgIpc) is 2.78. The van der Waals surface area contributed by atoms with Gasteiger partial charge < -0.3 is 15.0 Å². The molecule has 0 spiro atoms. The van der Waals surface area contributed by atoms with Crippen LogP contribution in [0.15, 0.2) is 0 Å². The lowest BCUT2D eigenvalue weighted by molar-refractivity contribution is -0.132. The fourth-order valence-corrected chi connectivity index (χ4v) is 2.02. The van der Waals surface area contributed by atoms with E-state index in [0.29, 0.717) is 5.92 Å². The smallest absolute Gasteiger partial charge is 0.239 e. The van der Waals surface area contributed by atoms with Crippen LogP contribution in [0.4, 0.5) is 0 Å². The van der Waals surface area contributed by atoms with E-state index in [2.05, 4.69) is 12.2 Å². The van der Waals surface area contributed by atoms with Gasteiger partial charge in [0, 0.05) is 33.4 Å². The van der Waals surface area contributed by atoms with Crippen LogP contribution in [0.1, 0.15) is 26.7 Å². The highest BCUT2D eigenvalue weighted by Crippen LogP contribution is 2.09. The summed E-state index contributed by atoms with van der Waals surface area (Å²) in [5.74, 6) is 0.681. The van der Waals surface area contributed by atoms with Gasteiger partial charge in [-0.25, -0.2) is 0 Å². The fraction of sp³-hybridized carbons (Fsp3) is 0.917. The number of ether oxygens (including phenoxy) is 1. The molecule has 0 aromatic carbocycles. The minimum absolute atomic E-state index is 0.0718. The van der Waals surface area contributed by atoms with Crippen LogP contribution in [0, 0.1) is 5.92 Å². The number of likely N-dealkylation sites (tertiary alicyclic amines) is 1. The van der Waals surface area contributed by atoms with E-state index >= 15 is 0 Å². The van der Waals surface area contributed by atoms with Crippen molar-refractivity contribution < 1.29 is 9.53 Å². The van der Waals surface area contributed by atoms with Crippen molar-refractivity contribution in [1.82, 2.24) is 10.2 Å². The normalized spacial score (nSPS) is 19.8. The summed E-state index contributed by atoms with van der Waals surface area (Å²) in [5.41, 5.74) is 0. The lowest BCUT2D eigenvalue weighted by Gasteiger charge is -2.22. The zero-order valence-corrected chi connectivity index (χ0v) is 10.7. The van der Waals surface area contributed by atoms with Crippen LogP contribution in [-0.4, -0.2) is 50.2 Å². The maximum absolute atomic E-state index is 11.9. The monoisotopic (exact) mass is 228 g/mol. The van der Waals surface area contributed by atoms with E-state index in [0.717, 1.165) is 39.1 Å². The Kier molecular flexibility index (Phi) is 5.77. The molecule has 0 bridgehead atoms. The number of carbonyl (C=O) groups excluding carboxylic acids is 1. The molecule has 1 rings (SSSR count). The first-order valence-corrected chi connectivity index (χ1v) is 6.16. The van der Waals surface area contributed by atoms with Crippen molar-refractivity contribution in [3.8, 4) is 0 Å². The highest BCUT2D eigenvalue weighted by molar-refractivity contribution is 5.81. The van der Waals surface area contributed by atoms with Gasteiger partial charge >= 0.3 is 0 Å². The summed E-state index contributed by atoms with van der Waals surface area (Å²) in [6.45, 7) is 7.48. The third-order valence-corrected chi connectivity index (χ3v) is 3.01. The van der Waals surface area contributed by atoms with Crippen LogP contribution in [0.3, 0.4) is 0 Å². The molecule has 1 aliphatic rings. The van der Waals surface area contributed by atoms with Crippen molar-refractivity contribution in [3.63, 3.8) is 0 Å². The molecule has 4 nitrogen and oxygen atoms in total. The molecule has 0 aliphatic carbocycles. The van der Waals surface area contributed by atoms with E-state index in [-0.39, 0.29) is 11.9 Å². The van der Waals surface area contributed by atoms with Crippen molar-refractivity contribution in [3.05, 3.63) is 0 Å². The average molecular weight is 228 g/mol. The lowest BCUT2D eigenvalue weighted by atomic mass is 10.2. The van der Waals surface area contributed by atoms with E-state index in [9.17, 15) is 4.79 Å². The van der Waals surface area contributed by atoms with Gasteiger partial charge in [0.2, 0.25) is 5.91 Å². The lowest BCUT2D eigenvalue weighted by Crippen LogP contribution is -2.45. The maximum atomic E-state index is 11.9. The van der Waals surface area contributed by atoms with Crippen molar-refractivity contribution in [2.75, 3.05) is 33.4 Å². The van der Waals surface area contributed by atoms with Crippen LogP contribution < -0.4 is 5.32 Å². The molecule has 1 fully saturated rings. The van der Waals surface area contributed by atoms with Crippen LogP contribution in [-0.2, 0) is 9.53 Å². The molecule has 16 heavy (non-hydrogen) atoms. The first-order valence-electron chi connectivity index (χ1n) is 6.16. The molecule has 0 radical (unpaired) electrons. The Morgan fingerprint density at radius 3 is 2.56 bits per heavy atom. The van der Waals surface area contributed by atoms with E-state index in [1.807, 2.05) is 11.8 Å². The third-order valence-electron chi connectivity index (χ3n) is 3.01. The van der Waals surface area contributed by atoms with Gasteiger partial charge in [-0.1, -0.05) is 6.92 Å². The van der Waals surface area contributed by atoms with Gasteiger partial charge in [-0.2, -0.15) is 0 Å². The first kappa shape index (κ1) is 13.5. The van der Waals surface area contributed by atoms with Gasteiger partial charge in [0.1, 0.15) is 0 Å². The topological polar surface area (TPSA) is 41.6 Å². The molecular weight excluding hydrogens is 204 g/mol. The Morgan fingerprint density at radius 2 is 2.00 bits per heavy atom. The zero-order valence-electron chi connectivity index (χ0n) is 10.7. The van der Waals surface area contributed by atoms with Crippen LogP contribution in [0.5, 0.6) is 0 Å². The molecule has 2 atom stereocenters. The number of hydrogen-bond donors (Lipinski definition) is 1. The van der Waals surface area contributed by atoms with Gasteiger partial charge in [-0.15, -0.1) is 0 Å². The van der Waals surface area contributed by atoms with Gasteiger partial charge in [0.05, 0.1) is 6.04 Å². The number of nitrogens with zero attached hydrogens (tertiary/aromatic N) is 1. The second-order valence-corrected chi connectivity index (χ2v) is 4.72. The van der Waals surface area contributed by atoms with E-state index in [4.69, 9.17) is 4.74 Å². The molecule has 2 unspecified atom stereocenters. The summed E-state index contributed by atoms with van der Waals surface area (Å²) in [5, 5.41) is 3.27. The quantitative estimate of drug-likeness (QED) is 0.733. The molecule has 0 saturated carbocycles. The summed E-state index contributed by atoms with van der Waals surface area (Å²) < 4.78 is 5.06. The third kappa shape index (κ3) is 4.10. The Hall–Kier alpha value is -0.610. The van der Waals surface area contributed by atoms with Gasteiger partial charge in [-0.3, -0.25) is 4.79 Å². The van der Waals surface area contributed by atoms with Gasteiger partial charge in [0.25, 0.3) is 0 Å². The second kappa shape index (κ2) is 6.86. The fourth-order valence-electron chi connectivity index (χ4n) is 2.02. The predicted molar refractivity (Wildman–Crippen MR) is 64.3 cm³/mol. The van der Waals surface area contributed by atoms with E-state index in [1.165, 1.54) is 0 Å². The Balaban J connectivity index is 2.22. The van der Waals surface area contributed by atoms with Gasteiger partial charge in [0.15, 0.2) is 0 Å². The van der Waals surface area contributed by atoms with Crippen LogP contribution in [0.25, 0.3) is 0 Å². The van der Waals surface area contributed by atoms with Crippen LogP contribution >= 0.6 is 0 Å². The molecular formula is C12H24N2O2. The molecule has 0 aromatic heterocycles. The number of methoxy groups -OCH3 is 1. The number of amides is 1. The number of nitrogens with one attached hydrogen (secondary N) is 1. The number of hydrogen-bond acceptors (Lipinski definition) is 3. The van der Waals surface area contributed by atoms with Crippen LogP contribution in [0.2, 0.25) is 0 Å². The molecule has 1 saturated heterocycles. The molecule has 1 heterocycles. The van der Waals surface area contributed by atoms with Gasteiger partial charge in [-0.05, 0) is 25.7 Å². The summed E-state index contributed by atoms with van der Waals surface area (Å²) in [7, 11) is 1.70. The Bertz CT molecular complexity index is 215. The predicted octanol–water partition coefficient (Wildman–Crippen LogP) is 0.869. The molecule has 4 heteroatoms.